The van der Waals surface area contributed by atoms with Gasteiger partial charge in [0.2, 0.25) is 11.8 Å². The number of amides is 3. The van der Waals surface area contributed by atoms with Crippen molar-refractivity contribution in [3.8, 4) is 0 Å². The molecule has 2 heterocycles. The summed E-state index contributed by atoms with van der Waals surface area (Å²) in [4.78, 5) is 46.3. The summed E-state index contributed by atoms with van der Waals surface area (Å²) in [5.41, 5.74) is 4.93. The van der Waals surface area contributed by atoms with Crippen molar-refractivity contribution >= 4 is 31.0 Å². The molecule has 3 amide bonds. The lowest BCUT2D eigenvalue weighted by Gasteiger charge is -2.64. The molecule has 260 valence electrons. The smallest absolute Gasteiger partial charge is 0.444 e. The van der Waals surface area contributed by atoms with Gasteiger partial charge in [-0.2, -0.15) is 0 Å². The van der Waals surface area contributed by atoms with E-state index in [0.29, 0.717) is 56.6 Å². The molecule has 0 unspecified atom stereocenters. The number of likely N-dealkylation sites (tertiary alicyclic amines) is 1. The molecule has 2 saturated heterocycles. The van der Waals surface area contributed by atoms with Crippen LogP contribution in [0.2, 0.25) is 0 Å². The molecule has 5 rings (SSSR count). The third kappa shape index (κ3) is 8.12. The number of guanidine groups is 1. The van der Waals surface area contributed by atoms with Crippen LogP contribution in [0.4, 0.5) is 4.79 Å². The van der Waals surface area contributed by atoms with Crippen LogP contribution in [0.15, 0.2) is 4.99 Å². The predicted molar refractivity (Wildman–Crippen MR) is 179 cm³/mol. The average Bonchev–Trinajstić information content (AvgIpc) is 3.34. The van der Waals surface area contributed by atoms with Gasteiger partial charge in [-0.05, 0) is 102 Å². The topological polar surface area (TPSA) is 157 Å². The van der Waals surface area contributed by atoms with Gasteiger partial charge in [0.1, 0.15) is 17.7 Å². The molecule has 3 saturated carbocycles. The summed E-state index contributed by atoms with van der Waals surface area (Å²) >= 11 is 0. The lowest BCUT2D eigenvalue weighted by molar-refractivity contribution is -0.199. The zero-order chi connectivity index (χ0) is 34.0. The van der Waals surface area contributed by atoms with Crippen LogP contribution in [-0.4, -0.2) is 91.4 Å². The Morgan fingerprint density at radius 2 is 1.85 bits per heavy atom. The van der Waals surface area contributed by atoms with Gasteiger partial charge in [0.05, 0.1) is 17.6 Å². The first-order chi connectivity index (χ1) is 21.5. The third-order valence-electron chi connectivity index (χ3n) is 10.6. The Kier molecular flexibility index (Phi) is 11.3. The number of piperidine rings is 1. The van der Waals surface area contributed by atoms with Gasteiger partial charge in [-0.3, -0.25) is 19.5 Å². The lowest BCUT2D eigenvalue weighted by atomic mass is 9.43. The summed E-state index contributed by atoms with van der Waals surface area (Å²) in [7, 11) is 1.03. The van der Waals surface area contributed by atoms with Crippen LogP contribution >= 0.6 is 0 Å². The minimum Gasteiger partial charge on any atom is -0.444 e. The normalized spacial score (nSPS) is 30.2. The minimum atomic E-state index is -0.836. The molecule has 12 nitrogen and oxygen atoms in total. The van der Waals surface area contributed by atoms with Gasteiger partial charge in [-0.25, -0.2) is 4.79 Å². The molecule has 2 aliphatic heterocycles. The molecular formula is C33H59BN6O6. The van der Waals surface area contributed by atoms with E-state index in [-0.39, 0.29) is 35.2 Å². The molecule has 0 aromatic carbocycles. The van der Waals surface area contributed by atoms with E-state index in [1.54, 1.807) is 27.8 Å². The van der Waals surface area contributed by atoms with Crippen LogP contribution in [0.25, 0.3) is 0 Å². The minimum absolute atomic E-state index is 0.00163. The van der Waals surface area contributed by atoms with Crippen LogP contribution < -0.4 is 21.7 Å². The van der Waals surface area contributed by atoms with Crippen molar-refractivity contribution in [2.24, 2.45) is 33.9 Å². The number of aliphatic imine (C=N–C) groups is 1. The third-order valence-corrected chi connectivity index (χ3v) is 10.6. The molecule has 0 aromatic heterocycles. The van der Waals surface area contributed by atoms with Crippen molar-refractivity contribution < 1.29 is 28.4 Å². The van der Waals surface area contributed by atoms with E-state index in [0.717, 1.165) is 25.7 Å². The quantitative estimate of drug-likeness (QED) is 0.115. The Hall–Kier alpha value is -2.54. The van der Waals surface area contributed by atoms with Crippen LogP contribution in [0.5, 0.6) is 0 Å². The fourth-order valence-corrected chi connectivity index (χ4v) is 7.98. The number of ether oxygens (including phenoxy) is 1. The maximum Gasteiger partial charge on any atom is 0.481 e. The number of carbonyl (C=O) groups is 3. The zero-order valence-corrected chi connectivity index (χ0v) is 29.6. The average molecular weight is 647 g/mol. The van der Waals surface area contributed by atoms with Crippen LogP contribution in [0, 0.1) is 23.2 Å². The molecule has 0 aromatic rings. The summed E-state index contributed by atoms with van der Waals surface area (Å²) in [5, 5.41) is 9.24. The van der Waals surface area contributed by atoms with E-state index in [1.807, 2.05) is 0 Å². The van der Waals surface area contributed by atoms with Crippen LogP contribution in [0.1, 0.15) is 107 Å². The van der Waals surface area contributed by atoms with E-state index in [9.17, 15) is 14.4 Å². The second-order valence-corrected chi connectivity index (χ2v) is 16.0. The standard InChI is InChI=1S/C33H59BN6O6/c1-20(2)17-26(34-45-25-19-21-18-24(32(21,6)7)33(25,8)46-34)39-27(41)22(13-12-15-37-29(35)36-9)38-28(42)23-14-10-11-16-40(23)30(43)44-31(3,4)5/h20-26H,10-19H2,1-9H3,(H,38,42)(H,39,41)(H3,35,36,37)/t21-,22-,23-,24-,25+,26-,33-/m0/s1. The highest BCUT2D eigenvalue weighted by Gasteiger charge is 2.68. The van der Waals surface area contributed by atoms with Crippen molar-refractivity contribution in [3.63, 3.8) is 0 Å². The summed E-state index contributed by atoms with van der Waals surface area (Å²) < 4.78 is 18.9. The number of carbonyl (C=O) groups excluding carboxylic acids is 3. The zero-order valence-electron chi connectivity index (χ0n) is 29.6. The van der Waals surface area contributed by atoms with Crippen LogP contribution in [0.3, 0.4) is 0 Å². The van der Waals surface area contributed by atoms with Gasteiger partial charge in [0, 0.05) is 20.1 Å². The van der Waals surface area contributed by atoms with Crippen molar-refractivity contribution in [2.75, 3.05) is 20.1 Å². The second kappa shape index (κ2) is 14.3. The molecule has 5 fully saturated rings. The number of nitrogens with one attached hydrogen (secondary N) is 3. The van der Waals surface area contributed by atoms with E-state index < -0.39 is 36.5 Å². The monoisotopic (exact) mass is 646 g/mol. The molecule has 7 atom stereocenters. The molecule has 5 aliphatic rings. The van der Waals surface area contributed by atoms with E-state index in [4.69, 9.17) is 19.8 Å². The predicted octanol–water partition coefficient (Wildman–Crippen LogP) is 3.37. The Balaban J connectivity index is 1.48. The van der Waals surface area contributed by atoms with Crippen molar-refractivity contribution in [2.45, 2.75) is 142 Å². The number of rotatable bonds is 11. The first-order valence-electron chi connectivity index (χ1n) is 17.4. The van der Waals surface area contributed by atoms with E-state index >= 15 is 0 Å². The molecule has 2 bridgehead atoms. The van der Waals surface area contributed by atoms with Gasteiger partial charge in [0.15, 0.2) is 5.96 Å². The number of hydrogen-bond acceptors (Lipinski definition) is 7. The van der Waals surface area contributed by atoms with Gasteiger partial charge in [-0.1, -0.05) is 27.7 Å². The van der Waals surface area contributed by atoms with E-state index in [1.165, 1.54) is 4.90 Å². The highest BCUT2D eigenvalue weighted by atomic mass is 16.7. The van der Waals surface area contributed by atoms with Crippen molar-refractivity contribution in [1.29, 1.82) is 0 Å². The fourth-order valence-electron chi connectivity index (χ4n) is 7.98. The first kappa shape index (κ1) is 36.3. The second-order valence-electron chi connectivity index (χ2n) is 16.0. The Morgan fingerprint density at radius 3 is 2.48 bits per heavy atom. The molecule has 13 heteroatoms. The number of hydrogen-bond donors (Lipinski definition) is 4. The maximum absolute atomic E-state index is 14.1. The molecule has 46 heavy (non-hydrogen) atoms. The summed E-state index contributed by atoms with van der Waals surface area (Å²) in [6, 6.07) is -1.55. The highest BCUT2D eigenvalue weighted by molar-refractivity contribution is 6.48. The Labute approximate surface area is 276 Å². The van der Waals surface area contributed by atoms with E-state index in [2.05, 4.69) is 55.6 Å². The SMILES string of the molecule is CN=C(N)NCCC[C@H](NC(=O)[C@@H]1CCCCN1C(=O)OC(C)(C)C)C(=O)N[C@@H](CC(C)C)B1O[C@@H]2C[C@@H]3C[C@@H](C3(C)C)[C@]2(C)O1. The van der Waals surface area contributed by atoms with Gasteiger partial charge < -0.3 is 35.7 Å². The largest absolute Gasteiger partial charge is 0.481 e. The summed E-state index contributed by atoms with van der Waals surface area (Å²) in [5.74, 6) is 0.570. The fraction of sp³-hybridized carbons (Fsp3) is 0.879. The number of nitrogens with two attached hydrogens (primary N) is 1. The van der Waals surface area contributed by atoms with Crippen molar-refractivity contribution in [1.82, 2.24) is 20.9 Å². The van der Waals surface area contributed by atoms with Crippen molar-refractivity contribution in [3.05, 3.63) is 0 Å². The van der Waals surface area contributed by atoms with Gasteiger partial charge in [-0.15, -0.1) is 0 Å². The Morgan fingerprint density at radius 1 is 1.13 bits per heavy atom. The summed E-state index contributed by atoms with van der Waals surface area (Å²) in [6.45, 7) is 17.4. The number of nitrogens with zero attached hydrogens (tertiary/aromatic N) is 2. The first-order valence-corrected chi connectivity index (χ1v) is 17.4. The highest BCUT2D eigenvalue weighted by Crippen LogP contribution is 2.65. The summed E-state index contributed by atoms with van der Waals surface area (Å²) in [6.07, 6.45) is 5.26. The molecule has 0 radical (unpaired) electrons. The molecule has 0 spiro atoms. The molecule has 5 N–H and O–H groups in total. The maximum atomic E-state index is 14.1. The molecule has 3 aliphatic carbocycles. The lowest BCUT2D eigenvalue weighted by Crippen LogP contribution is -2.65. The Bertz CT molecular complexity index is 1140. The van der Waals surface area contributed by atoms with Crippen LogP contribution in [-0.2, 0) is 23.6 Å². The molecular weight excluding hydrogens is 587 g/mol. The van der Waals surface area contributed by atoms with Gasteiger partial charge >= 0.3 is 13.2 Å². The van der Waals surface area contributed by atoms with Gasteiger partial charge in [0.25, 0.3) is 0 Å².